The van der Waals surface area contributed by atoms with Crippen LogP contribution < -0.4 is 10.2 Å². The zero-order chi connectivity index (χ0) is 11.3. The second-order valence-corrected chi connectivity index (χ2v) is 6.36. The molecule has 1 aromatic rings. The summed E-state index contributed by atoms with van der Waals surface area (Å²) in [5.74, 6) is 0. The van der Waals surface area contributed by atoms with Crippen molar-refractivity contribution >= 4 is 21.6 Å². The molecule has 1 aromatic carbocycles. The Hall–Kier alpha value is -0.540. The van der Waals surface area contributed by atoms with Crippen LogP contribution in [0.5, 0.6) is 0 Å². The van der Waals surface area contributed by atoms with E-state index in [-0.39, 0.29) is 5.41 Å². The Kier molecular flexibility index (Phi) is 2.30. The fourth-order valence-corrected chi connectivity index (χ4v) is 3.45. The number of nitrogens with zero attached hydrogens (tertiary/aromatic N) is 1. The number of benzene rings is 1. The predicted molar refractivity (Wildman–Crippen MR) is 71.1 cm³/mol. The second kappa shape index (κ2) is 3.47. The highest BCUT2D eigenvalue weighted by Gasteiger charge is 2.37. The normalized spacial score (nSPS) is 21.8. The Morgan fingerprint density at radius 2 is 2.19 bits per heavy atom. The summed E-state index contributed by atoms with van der Waals surface area (Å²) in [6, 6.07) is 4.55. The molecule has 1 N–H and O–H groups in total. The maximum Gasteiger partial charge on any atom is 0.0452 e. The Labute approximate surface area is 105 Å². The molecule has 0 aromatic heterocycles. The first-order valence-corrected chi connectivity index (χ1v) is 6.66. The Balaban J connectivity index is 2.24. The third-order valence-electron chi connectivity index (χ3n) is 3.66. The summed E-state index contributed by atoms with van der Waals surface area (Å²) in [5.41, 5.74) is 4.71. The molecule has 16 heavy (non-hydrogen) atoms. The average Bonchev–Trinajstić information content (AvgIpc) is 2.35. The molecule has 86 valence electrons. The lowest BCUT2D eigenvalue weighted by molar-refractivity contribution is 0.545. The Morgan fingerprint density at radius 3 is 3.00 bits per heavy atom. The summed E-state index contributed by atoms with van der Waals surface area (Å²) >= 11 is 3.63. The molecule has 0 unspecified atom stereocenters. The minimum absolute atomic E-state index is 0.283. The highest BCUT2D eigenvalue weighted by Crippen LogP contribution is 2.44. The summed E-state index contributed by atoms with van der Waals surface area (Å²) in [6.45, 7) is 9.04. The van der Waals surface area contributed by atoms with E-state index in [1.807, 2.05) is 0 Å². The highest BCUT2D eigenvalue weighted by molar-refractivity contribution is 9.10. The maximum atomic E-state index is 3.63. The fraction of sp³-hybridized carbons (Fsp3) is 0.538. The molecule has 0 aliphatic carbocycles. The predicted octanol–water partition coefficient (Wildman–Crippen LogP) is 2.65. The minimum atomic E-state index is 0.283. The maximum absolute atomic E-state index is 3.63. The van der Waals surface area contributed by atoms with Crippen LogP contribution in [0, 0.1) is 0 Å². The third-order valence-corrected chi connectivity index (χ3v) is 4.12. The summed E-state index contributed by atoms with van der Waals surface area (Å²) in [5, 5.41) is 3.49. The van der Waals surface area contributed by atoms with E-state index in [1.54, 1.807) is 0 Å². The van der Waals surface area contributed by atoms with Gasteiger partial charge in [-0.2, -0.15) is 0 Å². The van der Waals surface area contributed by atoms with Gasteiger partial charge < -0.3 is 10.2 Å². The SMILES string of the molecule is CC1(C)CN2CCNCc3cc(Br)cc1c32. The van der Waals surface area contributed by atoms with E-state index in [4.69, 9.17) is 0 Å². The van der Waals surface area contributed by atoms with Crippen LogP contribution in [0.25, 0.3) is 0 Å². The highest BCUT2D eigenvalue weighted by atomic mass is 79.9. The Morgan fingerprint density at radius 1 is 1.38 bits per heavy atom. The van der Waals surface area contributed by atoms with Crippen molar-refractivity contribution in [1.29, 1.82) is 0 Å². The topological polar surface area (TPSA) is 15.3 Å². The molecule has 0 saturated heterocycles. The van der Waals surface area contributed by atoms with Crippen molar-refractivity contribution in [2.45, 2.75) is 25.8 Å². The number of rotatable bonds is 0. The molecular weight excluding hydrogens is 264 g/mol. The van der Waals surface area contributed by atoms with Crippen molar-refractivity contribution < 1.29 is 0 Å². The van der Waals surface area contributed by atoms with E-state index in [2.05, 4.69) is 52.1 Å². The largest absolute Gasteiger partial charge is 0.369 e. The molecule has 3 rings (SSSR count). The van der Waals surface area contributed by atoms with Gasteiger partial charge in [-0.05, 0) is 23.3 Å². The molecule has 3 heteroatoms. The van der Waals surface area contributed by atoms with Crippen molar-refractivity contribution in [3.63, 3.8) is 0 Å². The molecule has 2 aliphatic heterocycles. The van der Waals surface area contributed by atoms with Crippen LogP contribution in [-0.2, 0) is 12.0 Å². The third kappa shape index (κ3) is 1.49. The molecule has 0 atom stereocenters. The molecule has 0 saturated carbocycles. The molecule has 0 bridgehead atoms. The molecule has 2 heterocycles. The number of halogens is 1. The molecule has 0 amide bonds. The molecule has 0 radical (unpaired) electrons. The van der Waals surface area contributed by atoms with Crippen molar-refractivity contribution in [3.05, 3.63) is 27.7 Å². The molecule has 0 fully saturated rings. The second-order valence-electron chi connectivity index (χ2n) is 5.44. The molecule has 2 nitrogen and oxygen atoms in total. The van der Waals surface area contributed by atoms with Gasteiger partial charge in [0.05, 0.1) is 0 Å². The van der Waals surface area contributed by atoms with Gasteiger partial charge in [-0.15, -0.1) is 0 Å². The van der Waals surface area contributed by atoms with Crippen LogP contribution in [0.2, 0.25) is 0 Å². The number of anilines is 1. The lowest BCUT2D eigenvalue weighted by atomic mass is 9.86. The fourth-order valence-electron chi connectivity index (χ4n) is 2.95. The van der Waals surface area contributed by atoms with Crippen molar-refractivity contribution in [1.82, 2.24) is 5.32 Å². The van der Waals surface area contributed by atoms with Crippen molar-refractivity contribution in [2.24, 2.45) is 0 Å². The Bertz CT molecular complexity index is 440. The first kappa shape index (κ1) is 10.6. The zero-order valence-corrected chi connectivity index (χ0v) is 11.4. The standard InChI is InChI=1S/C13H17BrN2/c1-13(2)8-16-4-3-15-7-9-5-10(14)6-11(13)12(9)16/h5-6,15H,3-4,7-8H2,1-2H3. The number of nitrogens with one attached hydrogen (secondary N) is 1. The summed E-state index contributed by atoms with van der Waals surface area (Å²) in [7, 11) is 0. The van der Waals surface area contributed by atoms with Crippen LogP contribution in [0.15, 0.2) is 16.6 Å². The first-order chi connectivity index (χ1) is 7.58. The van der Waals surface area contributed by atoms with E-state index in [1.165, 1.54) is 21.3 Å². The minimum Gasteiger partial charge on any atom is -0.369 e. The smallest absolute Gasteiger partial charge is 0.0452 e. The van der Waals surface area contributed by atoms with Gasteiger partial charge in [0.2, 0.25) is 0 Å². The summed E-state index contributed by atoms with van der Waals surface area (Å²) in [6.07, 6.45) is 0. The van der Waals surface area contributed by atoms with E-state index in [0.717, 1.165) is 26.2 Å². The monoisotopic (exact) mass is 280 g/mol. The summed E-state index contributed by atoms with van der Waals surface area (Å²) < 4.78 is 1.21. The molecule has 2 aliphatic rings. The molecular formula is C13H17BrN2. The van der Waals surface area contributed by atoms with E-state index < -0.39 is 0 Å². The van der Waals surface area contributed by atoms with E-state index in [0.29, 0.717) is 0 Å². The van der Waals surface area contributed by atoms with Gasteiger partial charge in [0.25, 0.3) is 0 Å². The average molecular weight is 281 g/mol. The number of hydrogen-bond donors (Lipinski definition) is 1. The van der Waals surface area contributed by atoms with Crippen molar-refractivity contribution in [3.8, 4) is 0 Å². The van der Waals surface area contributed by atoms with Crippen LogP contribution >= 0.6 is 15.9 Å². The van der Waals surface area contributed by atoms with Gasteiger partial charge in [0, 0.05) is 41.8 Å². The van der Waals surface area contributed by atoms with E-state index in [9.17, 15) is 0 Å². The first-order valence-electron chi connectivity index (χ1n) is 5.86. The van der Waals surface area contributed by atoms with Crippen LogP contribution in [0.3, 0.4) is 0 Å². The quantitative estimate of drug-likeness (QED) is 0.786. The molecule has 0 spiro atoms. The van der Waals surface area contributed by atoms with Gasteiger partial charge in [0.1, 0.15) is 0 Å². The van der Waals surface area contributed by atoms with Crippen molar-refractivity contribution in [2.75, 3.05) is 24.5 Å². The van der Waals surface area contributed by atoms with Gasteiger partial charge in [-0.1, -0.05) is 29.8 Å². The summed E-state index contributed by atoms with van der Waals surface area (Å²) in [4.78, 5) is 2.54. The van der Waals surface area contributed by atoms with Gasteiger partial charge >= 0.3 is 0 Å². The lowest BCUT2D eigenvalue weighted by Crippen LogP contribution is -2.32. The van der Waals surface area contributed by atoms with Gasteiger partial charge in [-0.25, -0.2) is 0 Å². The van der Waals surface area contributed by atoms with Crippen LogP contribution in [-0.4, -0.2) is 19.6 Å². The van der Waals surface area contributed by atoms with Crippen LogP contribution in [0.1, 0.15) is 25.0 Å². The zero-order valence-electron chi connectivity index (χ0n) is 9.81. The van der Waals surface area contributed by atoms with Crippen LogP contribution in [0.4, 0.5) is 5.69 Å². The van der Waals surface area contributed by atoms with E-state index >= 15 is 0 Å². The lowest BCUT2D eigenvalue weighted by Gasteiger charge is -2.21. The number of hydrogen-bond acceptors (Lipinski definition) is 2. The van der Waals surface area contributed by atoms with Gasteiger partial charge in [0.15, 0.2) is 0 Å². The van der Waals surface area contributed by atoms with Gasteiger partial charge in [-0.3, -0.25) is 0 Å².